The zero-order valence-corrected chi connectivity index (χ0v) is 17.1. The normalized spacial score (nSPS) is 17.0. The SMILES string of the molecule is CCOC(=O)C1CCN(C(c2nnnn2CCc2ccccc2)C(C)C)CC1. The third-order valence-corrected chi connectivity index (χ3v) is 5.45. The molecule has 0 bridgehead atoms. The summed E-state index contributed by atoms with van der Waals surface area (Å²) in [5.74, 6) is 1.25. The Balaban J connectivity index is 1.67. The van der Waals surface area contributed by atoms with E-state index in [-0.39, 0.29) is 17.9 Å². The Morgan fingerprint density at radius 2 is 1.93 bits per heavy atom. The van der Waals surface area contributed by atoms with Gasteiger partial charge in [-0.15, -0.1) is 5.10 Å². The first-order valence-electron chi connectivity index (χ1n) is 10.3. The molecule has 0 radical (unpaired) electrons. The average Bonchev–Trinajstić information content (AvgIpc) is 3.16. The molecular formula is C21H31N5O2. The lowest BCUT2D eigenvalue weighted by Crippen LogP contribution is -2.42. The third kappa shape index (κ3) is 4.95. The number of ether oxygens (including phenoxy) is 1. The minimum atomic E-state index is -0.0593. The number of esters is 1. The number of aryl methyl sites for hydroxylation is 2. The van der Waals surface area contributed by atoms with Crippen molar-refractivity contribution >= 4 is 5.97 Å². The van der Waals surface area contributed by atoms with Gasteiger partial charge in [0.05, 0.1) is 18.6 Å². The van der Waals surface area contributed by atoms with E-state index in [1.54, 1.807) is 0 Å². The lowest BCUT2D eigenvalue weighted by Gasteiger charge is -2.38. The summed E-state index contributed by atoms with van der Waals surface area (Å²) in [4.78, 5) is 14.5. The van der Waals surface area contributed by atoms with Crippen molar-refractivity contribution in [2.75, 3.05) is 19.7 Å². The smallest absolute Gasteiger partial charge is 0.309 e. The van der Waals surface area contributed by atoms with E-state index in [4.69, 9.17) is 4.74 Å². The molecule has 7 nitrogen and oxygen atoms in total. The molecule has 2 heterocycles. The molecule has 28 heavy (non-hydrogen) atoms. The van der Waals surface area contributed by atoms with Crippen molar-refractivity contribution in [3.63, 3.8) is 0 Å². The first kappa shape index (κ1) is 20.5. The molecule has 1 aliphatic heterocycles. The fourth-order valence-corrected chi connectivity index (χ4v) is 4.02. The standard InChI is InChI=1S/C21H31N5O2/c1-4-28-21(27)18-11-13-25(14-12-18)19(16(2)3)20-22-23-24-26(20)15-10-17-8-6-5-7-9-17/h5-9,16,18-19H,4,10-15H2,1-3H3. The molecule has 2 aromatic rings. The number of likely N-dealkylation sites (tertiary alicyclic amines) is 1. The zero-order valence-electron chi connectivity index (χ0n) is 17.1. The fourth-order valence-electron chi connectivity index (χ4n) is 4.02. The second-order valence-electron chi connectivity index (χ2n) is 7.75. The molecular weight excluding hydrogens is 354 g/mol. The predicted molar refractivity (Wildman–Crippen MR) is 106 cm³/mol. The first-order chi connectivity index (χ1) is 13.6. The average molecular weight is 386 g/mol. The van der Waals surface area contributed by atoms with E-state index in [1.807, 2.05) is 17.7 Å². The molecule has 7 heteroatoms. The maximum absolute atomic E-state index is 12.0. The summed E-state index contributed by atoms with van der Waals surface area (Å²) in [6.45, 7) is 9.20. The number of rotatable bonds is 8. The zero-order chi connectivity index (χ0) is 19.9. The number of piperidine rings is 1. The molecule has 152 valence electrons. The van der Waals surface area contributed by atoms with Gasteiger partial charge in [0.25, 0.3) is 0 Å². The van der Waals surface area contributed by atoms with Crippen molar-refractivity contribution in [1.82, 2.24) is 25.1 Å². The fraction of sp³-hybridized carbons (Fsp3) is 0.619. The molecule has 1 atom stereocenters. The molecule has 0 aliphatic carbocycles. The summed E-state index contributed by atoms with van der Waals surface area (Å²) in [6.07, 6.45) is 2.55. The first-order valence-corrected chi connectivity index (χ1v) is 10.3. The second kappa shape index (κ2) is 9.78. The summed E-state index contributed by atoms with van der Waals surface area (Å²) in [5.41, 5.74) is 1.28. The Bertz CT molecular complexity index is 738. The van der Waals surface area contributed by atoms with Gasteiger partial charge in [-0.25, -0.2) is 4.68 Å². The van der Waals surface area contributed by atoms with Gasteiger partial charge in [-0.2, -0.15) is 0 Å². The quantitative estimate of drug-likeness (QED) is 0.651. The van der Waals surface area contributed by atoms with Gasteiger partial charge in [-0.3, -0.25) is 9.69 Å². The van der Waals surface area contributed by atoms with Crippen LogP contribution in [0.2, 0.25) is 0 Å². The molecule has 1 unspecified atom stereocenters. The molecule has 1 aromatic carbocycles. The Hall–Kier alpha value is -2.28. The minimum absolute atomic E-state index is 0.0121. The maximum Gasteiger partial charge on any atom is 0.309 e. The number of tetrazole rings is 1. The van der Waals surface area contributed by atoms with Crippen LogP contribution in [-0.2, 0) is 22.5 Å². The highest BCUT2D eigenvalue weighted by atomic mass is 16.5. The lowest BCUT2D eigenvalue weighted by molar-refractivity contribution is -0.150. The highest BCUT2D eigenvalue weighted by molar-refractivity contribution is 5.72. The van der Waals surface area contributed by atoms with Gasteiger partial charge in [-0.05, 0) is 61.2 Å². The van der Waals surface area contributed by atoms with E-state index in [1.165, 1.54) is 5.56 Å². The Labute approximate surface area is 167 Å². The number of hydrogen-bond acceptors (Lipinski definition) is 6. The Morgan fingerprint density at radius 3 is 2.57 bits per heavy atom. The summed E-state index contributed by atoms with van der Waals surface area (Å²) in [5, 5.41) is 12.6. The molecule has 1 saturated heterocycles. The molecule has 0 saturated carbocycles. The lowest BCUT2D eigenvalue weighted by atomic mass is 9.93. The topological polar surface area (TPSA) is 73.1 Å². The number of carbonyl (C=O) groups is 1. The van der Waals surface area contributed by atoms with Crippen molar-refractivity contribution in [2.24, 2.45) is 11.8 Å². The number of aromatic nitrogens is 4. The molecule has 1 aromatic heterocycles. The van der Waals surface area contributed by atoms with Crippen LogP contribution in [0.25, 0.3) is 0 Å². The molecule has 3 rings (SSSR count). The van der Waals surface area contributed by atoms with Crippen LogP contribution in [-0.4, -0.2) is 50.8 Å². The summed E-state index contributed by atoms with van der Waals surface area (Å²) in [7, 11) is 0. The van der Waals surface area contributed by atoms with Gasteiger partial charge < -0.3 is 4.74 Å². The monoisotopic (exact) mass is 385 g/mol. The van der Waals surface area contributed by atoms with E-state index in [9.17, 15) is 4.79 Å². The molecule has 1 aliphatic rings. The van der Waals surface area contributed by atoms with Gasteiger partial charge in [0.1, 0.15) is 0 Å². The van der Waals surface area contributed by atoms with Crippen molar-refractivity contribution in [3.8, 4) is 0 Å². The predicted octanol–water partition coefficient (Wildman–Crippen LogP) is 2.89. The van der Waals surface area contributed by atoms with Crippen LogP contribution in [0, 0.1) is 11.8 Å². The summed E-state index contributed by atoms with van der Waals surface area (Å²) >= 11 is 0. The van der Waals surface area contributed by atoms with Crippen LogP contribution in [0.4, 0.5) is 0 Å². The van der Waals surface area contributed by atoms with E-state index in [2.05, 4.69) is 58.5 Å². The summed E-state index contributed by atoms with van der Waals surface area (Å²) in [6, 6.07) is 10.5. The van der Waals surface area contributed by atoms with Crippen LogP contribution in [0.15, 0.2) is 30.3 Å². The van der Waals surface area contributed by atoms with E-state index in [0.29, 0.717) is 12.5 Å². The van der Waals surface area contributed by atoms with Crippen LogP contribution in [0.1, 0.15) is 51.0 Å². The molecule has 0 spiro atoms. The molecule has 1 fully saturated rings. The van der Waals surface area contributed by atoms with Crippen LogP contribution < -0.4 is 0 Å². The number of benzene rings is 1. The van der Waals surface area contributed by atoms with Crippen LogP contribution in [0.5, 0.6) is 0 Å². The van der Waals surface area contributed by atoms with Crippen molar-refractivity contribution < 1.29 is 9.53 Å². The Morgan fingerprint density at radius 1 is 1.21 bits per heavy atom. The highest BCUT2D eigenvalue weighted by Crippen LogP contribution is 2.31. The van der Waals surface area contributed by atoms with Crippen molar-refractivity contribution in [1.29, 1.82) is 0 Å². The second-order valence-corrected chi connectivity index (χ2v) is 7.75. The van der Waals surface area contributed by atoms with Gasteiger partial charge in [0.2, 0.25) is 0 Å². The maximum atomic E-state index is 12.0. The summed E-state index contributed by atoms with van der Waals surface area (Å²) < 4.78 is 7.14. The highest BCUT2D eigenvalue weighted by Gasteiger charge is 2.34. The van der Waals surface area contributed by atoms with Crippen LogP contribution >= 0.6 is 0 Å². The van der Waals surface area contributed by atoms with Crippen molar-refractivity contribution in [2.45, 2.75) is 52.6 Å². The Kier molecular flexibility index (Phi) is 7.14. The number of carbonyl (C=O) groups excluding carboxylic acids is 1. The molecule has 0 N–H and O–H groups in total. The minimum Gasteiger partial charge on any atom is -0.466 e. The van der Waals surface area contributed by atoms with Gasteiger partial charge in [0, 0.05) is 6.54 Å². The van der Waals surface area contributed by atoms with E-state index < -0.39 is 0 Å². The van der Waals surface area contributed by atoms with E-state index >= 15 is 0 Å². The third-order valence-electron chi connectivity index (χ3n) is 5.45. The van der Waals surface area contributed by atoms with Crippen LogP contribution in [0.3, 0.4) is 0 Å². The van der Waals surface area contributed by atoms with Gasteiger partial charge in [0.15, 0.2) is 5.82 Å². The number of nitrogens with zero attached hydrogens (tertiary/aromatic N) is 5. The van der Waals surface area contributed by atoms with Crippen molar-refractivity contribution in [3.05, 3.63) is 41.7 Å². The van der Waals surface area contributed by atoms with Gasteiger partial charge >= 0.3 is 5.97 Å². The number of hydrogen-bond donors (Lipinski definition) is 0. The largest absolute Gasteiger partial charge is 0.466 e. The molecule has 0 amide bonds. The van der Waals surface area contributed by atoms with Gasteiger partial charge in [-0.1, -0.05) is 44.2 Å². The van der Waals surface area contributed by atoms with E-state index in [0.717, 1.165) is 44.7 Å².